The largest absolute Gasteiger partial charge is 0.446 e. The van der Waals surface area contributed by atoms with Gasteiger partial charge in [-0.3, -0.25) is 0 Å². The SMILES string of the molecule is CC(C)(C)NC(=O)OC1CCCC1. The molecule has 0 heterocycles. The van der Waals surface area contributed by atoms with E-state index in [9.17, 15) is 4.79 Å². The molecular weight excluding hydrogens is 166 g/mol. The summed E-state index contributed by atoms with van der Waals surface area (Å²) in [4.78, 5) is 11.3. The minimum Gasteiger partial charge on any atom is -0.446 e. The van der Waals surface area contributed by atoms with Gasteiger partial charge >= 0.3 is 6.09 Å². The van der Waals surface area contributed by atoms with Gasteiger partial charge in [-0.25, -0.2) is 4.79 Å². The Bertz CT molecular complexity index is 178. The van der Waals surface area contributed by atoms with E-state index in [1.54, 1.807) is 0 Å². The molecule has 0 atom stereocenters. The molecule has 0 aromatic rings. The number of carbonyl (C=O) groups is 1. The molecule has 13 heavy (non-hydrogen) atoms. The molecule has 1 amide bonds. The third-order valence-electron chi connectivity index (χ3n) is 2.05. The van der Waals surface area contributed by atoms with Gasteiger partial charge in [-0.2, -0.15) is 0 Å². The van der Waals surface area contributed by atoms with Crippen LogP contribution in [0.3, 0.4) is 0 Å². The standard InChI is InChI=1S/C10H19NO2/c1-10(2,3)11-9(12)13-8-6-4-5-7-8/h8H,4-7H2,1-3H3,(H,11,12). The number of amides is 1. The van der Waals surface area contributed by atoms with Gasteiger partial charge in [0.15, 0.2) is 0 Å². The molecule has 3 heteroatoms. The average Bonchev–Trinajstić information content (AvgIpc) is 2.34. The maximum absolute atomic E-state index is 11.3. The van der Waals surface area contributed by atoms with Crippen LogP contribution in [0.4, 0.5) is 4.79 Å². The fourth-order valence-corrected chi connectivity index (χ4v) is 1.49. The molecule has 1 aliphatic rings. The molecule has 0 aliphatic heterocycles. The Labute approximate surface area is 79.8 Å². The van der Waals surface area contributed by atoms with Crippen LogP contribution in [0.2, 0.25) is 0 Å². The first kappa shape index (κ1) is 10.4. The molecule has 0 unspecified atom stereocenters. The average molecular weight is 185 g/mol. The van der Waals surface area contributed by atoms with Crippen molar-refractivity contribution in [3.05, 3.63) is 0 Å². The number of ether oxygens (including phenoxy) is 1. The van der Waals surface area contributed by atoms with Gasteiger partial charge in [0.1, 0.15) is 6.10 Å². The van der Waals surface area contributed by atoms with Crippen molar-refractivity contribution < 1.29 is 9.53 Å². The van der Waals surface area contributed by atoms with E-state index in [4.69, 9.17) is 4.74 Å². The molecular formula is C10H19NO2. The molecule has 0 aromatic carbocycles. The van der Waals surface area contributed by atoms with Crippen molar-refractivity contribution in [1.82, 2.24) is 5.32 Å². The minimum atomic E-state index is -0.278. The summed E-state index contributed by atoms with van der Waals surface area (Å²) in [6.07, 6.45) is 4.30. The number of carbonyl (C=O) groups excluding carboxylic acids is 1. The zero-order valence-electron chi connectivity index (χ0n) is 8.72. The van der Waals surface area contributed by atoms with Crippen molar-refractivity contribution in [2.24, 2.45) is 0 Å². The number of alkyl carbamates (subject to hydrolysis) is 1. The van der Waals surface area contributed by atoms with Crippen LogP contribution in [0.1, 0.15) is 46.5 Å². The van der Waals surface area contributed by atoms with Crippen LogP contribution in [-0.2, 0) is 4.74 Å². The Hall–Kier alpha value is -0.730. The van der Waals surface area contributed by atoms with Crippen LogP contribution < -0.4 is 5.32 Å². The van der Waals surface area contributed by atoms with E-state index in [1.807, 2.05) is 20.8 Å². The highest BCUT2D eigenvalue weighted by Crippen LogP contribution is 2.21. The van der Waals surface area contributed by atoms with E-state index in [2.05, 4.69) is 5.32 Å². The molecule has 1 fully saturated rings. The quantitative estimate of drug-likeness (QED) is 0.681. The van der Waals surface area contributed by atoms with Gasteiger partial charge in [-0.05, 0) is 46.5 Å². The smallest absolute Gasteiger partial charge is 0.407 e. The Morgan fingerprint density at radius 2 is 1.85 bits per heavy atom. The van der Waals surface area contributed by atoms with Crippen LogP contribution in [0.5, 0.6) is 0 Å². The number of hydrogen-bond donors (Lipinski definition) is 1. The molecule has 76 valence electrons. The van der Waals surface area contributed by atoms with Gasteiger partial charge < -0.3 is 10.1 Å². The summed E-state index contributed by atoms with van der Waals surface area (Å²) >= 11 is 0. The van der Waals surface area contributed by atoms with Crippen molar-refractivity contribution in [2.75, 3.05) is 0 Å². The normalized spacial score (nSPS) is 18.7. The second-order valence-corrected chi connectivity index (χ2v) is 4.69. The lowest BCUT2D eigenvalue weighted by Crippen LogP contribution is -2.42. The third-order valence-corrected chi connectivity index (χ3v) is 2.05. The molecule has 3 nitrogen and oxygen atoms in total. The van der Waals surface area contributed by atoms with E-state index >= 15 is 0 Å². The maximum Gasteiger partial charge on any atom is 0.407 e. The lowest BCUT2D eigenvalue weighted by molar-refractivity contribution is 0.0945. The fourth-order valence-electron chi connectivity index (χ4n) is 1.49. The van der Waals surface area contributed by atoms with Gasteiger partial charge in [0.25, 0.3) is 0 Å². The van der Waals surface area contributed by atoms with Gasteiger partial charge in [0, 0.05) is 5.54 Å². The van der Waals surface area contributed by atoms with Crippen LogP contribution >= 0.6 is 0 Å². The number of hydrogen-bond acceptors (Lipinski definition) is 2. The summed E-state index contributed by atoms with van der Waals surface area (Å²) in [6.45, 7) is 5.84. The van der Waals surface area contributed by atoms with Crippen molar-refractivity contribution in [2.45, 2.75) is 58.1 Å². The lowest BCUT2D eigenvalue weighted by atomic mass is 10.1. The predicted octanol–water partition coefficient (Wildman–Crippen LogP) is 2.45. The van der Waals surface area contributed by atoms with E-state index < -0.39 is 0 Å². The first-order chi connectivity index (χ1) is 5.97. The van der Waals surface area contributed by atoms with E-state index in [0.717, 1.165) is 12.8 Å². The fraction of sp³-hybridized carbons (Fsp3) is 0.900. The Morgan fingerprint density at radius 1 is 1.31 bits per heavy atom. The predicted molar refractivity (Wildman–Crippen MR) is 51.6 cm³/mol. The van der Waals surface area contributed by atoms with E-state index in [-0.39, 0.29) is 17.7 Å². The first-order valence-corrected chi connectivity index (χ1v) is 4.96. The Balaban J connectivity index is 2.24. The van der Waals surface area contributed by atoms with Crippen molar-refractivity contribution in [3.8, 4) is 0 Å². The maximum atomic E-state index is 11.3. The minimum absolute atomic E-state index is 0.155. The molecule has 0 bridgehead atoms. The number of nitrogens with one attached hydrogen (secondary N) is 1. The second-order valence-electron chi connectivity index (χ2n) is 4.69. The van der Waals surface area contributed by atoms with E-state index in [1.165, 1.54) is 12.8 Å². The Kier molecular flexibility index (Phi) is 3.17. The van der Waals surface area contributed by atoms with Crippen molar-refractivity contribution in [1.29, 1.82) is 0 Å². The molecule has 0 saturated heterocycles. The lowest BCUT2D eigenvalue weighted by Gasteiger charge is -2.21. The summed E-state index contributed by atoms with van der Waals surface area (Å²) in [5.74, 6) is 0. The first-order valence-electron chi connectivity index (χ1n) is 4.96. The van der Waals surface area contributed by atoms with Crippen LogP contribution in [0.15, 0.2) is 0 Å². The summed E-state index contributed by atoms with van der Waals surface area (Å²) < 4.78 is 5.24. The highest BCUT2D eigenvalue weighted by atomic mass is 16.6. The topological polar surface area (TPSA) is 38.3 Å². The van der Waals surface area contributed by atoms with Crippen LogP contribution in [-0.4, -0.2) is 17.7 Å². The molecule has 1 aliphatic carbocycles. The van der Waals surface area contributed by atoms with Crippen LogP contribution in [0, 0.1) is 0 Å². The number of rotatable bonds is 1. The zero-order chi connectivity index (χ0) is 9.90. The summed E-state index contributed by atoms with van der Waals surface area (Å²) in [7, 11) is 0. The van der Waals surface area contributed by atoms with Gasteiger partial charge in [0.05, 0.1) is 0 Å². The zero-order valence-corrected chi connectivity index (χ0v) is 8.72. The van der Waals surface area contributed by atoms with Crippen molar-refractivity contribution in [3.63, 3.8) is 0 Å². The van der Waals surface area contributed by atoms with E-state index in [0.29, 0.717) is 0 Å². The highest BCUT2D eigenvalue weighted by molar-refractivity contribution is 5.68. The van der Waals surface area contributed by atoms with Gasteiger partial charge in [-0.15, -0.1) is 0 Å². The molecule has 0 aromatic heterocycles. The monoisotopic (exact) mass is 185 g/mol. The third kappa shape index (κ3) is 4.15. The summed E-state index contributed by atoms with van der Waals surface area (Å²) in [6, 6.07) is 0. The van der Waals surface area contributed by atoms with Crippen LogP contribution in [0.25, 0.3) is 0 Å². The highest BCUT2D eigenvalue weighted by Gasteiger charge is 2.21. The second kappa shape index (κ2) is 3.99. The van der Waals surface area contributed by atoms with Gasteiger partial charge in [-0.1, -0.05) is 0 Å². The summed E-state index contributed by atoms with van der Waals surface area (Å²) in [5, 5.41) is 2.78. The van der Waals surface area contributed by atoms with Crippen molar-refractivity contribution >= 4 is 6.09 Å². The molecule has 1 rings (SSSR count). The Morgan fingerprint density at radius 3 is 2.31 bits per heavy atom. The molecule has 1 saturated carbocycles. The molecule has 0 spiro atoms. The molecule has 1 N–H and O–H groups in total. The molecule has 0 radical (unpaired) electrons. The van der Waals surface area contributed by atoms with Gasteiger partial charge in [0.2, 0.25) is 0 Å². The summed E-state index contributed by atoms with van der Waals surface area (Å²) in [5.41, 5.74) is -0.199.